The van der Waals surface area contributed by atoms with Gasteiger partial charge >= 0.3 is 0 Å². The van der Waals surface area contributed by atoms with Crippen molar-refractivity contribution in [1.82, 2.24) is 0 Å². The number of hydrogen-bond donors (Lipinski definition) is 0. The lowest BCUT2D eigenvalue weighted by Gasteiger charge is -2.46. The van der Waals surface area contributed by atoms with Crippen molar-refractivity contribution in [2.75, 3.05) is 0 Å². The van der Waals surface area contributed by atoms with Gasteiger partial charge in [0, 0.05) is 2.74 Å². The van der Waals surface area contributed by atoms with E-state index < -0.39 is 0 Å². The smallest absolute Gasteiger partial charge is 0.0270 e. The van der Waals surface area contributed by atoms with Crippen molar-refractivity contribution in [1.29, 1.82) is 0 Å². The van der Waals surface area contributed by atoms with E-state index in [2.05, 4.69) is 0 Å². The van der Waals surface area contributed by atoms with Crippen LogP contribution in [0, 0.1) is 11.8 Å². The zero-order valence-electron chi connectivity index (χ0n) is 5.72. The molecule has 0 spiro atoms. The van der Waals surface area contributed by atoms with Crippen molar-refractivity contribution in [2.45, 2.75) is 25.6 Å². The Labute approximate surface area is 41.4 Å². The molecule has 0 aromatic heterocycles. The molecule has 2 aliphatic carbocycles. The second-order valence-electron chi connectivity index (χ2n) is 2.29. The largest absolute Gasteiger partial charge is 0.0499 e. The summed E-state index contributed by atoms with van der Waals surface area (Å²) in [4.78, 5) is 0. The Balaban J connectivity index is 2.03. The van der Waals surface area contributed by atoms with Gasteiger partial charge in [-0.25, -0.2) is 0 Å². The van der Waals surface area contributed by atoms with E-state index in [1.165, 1.54) is 12.8 Å². The highest BCUT2D eigenvalue weighted by atomic mass is 14.4. The van der Waals surface area contributed by atoms with Gasteiger partial charge in [-0.1, -0.05) is 0 Å². The first-order valence-electron chi connectivity index (χ1n) is 3.80. The molecule has 0 N–H and O–H groups in total. The molecular formula is C6H10. The second-order valence-corrected chi connectivity index (χ2v) is 2.29. The predicted molar refractivity (Wildman–Crippen MR) is 25.4 cm³/mol. The molecule has 2 aliphatic rings. The summed E-state index contributed by atoms with van der Waals surface area (Å²) in [7, 11) is 0. The number of hydrogen-bond acceptors (Lipinski definition) is 0. The standard InChI is InChI=1S/C6H10/c1-2-6-4-3-5(1)6/h5-6H,1-4H2/i1D,2D. The molecule has 0 nitrogen and oxygen atoms in total. The lowest BCUT2D eigenvalue weighted by molar-refractivity contribution is 0.0548. The highest BCUT2D eigenvalue weighted by Gasteiger charge is 2.37. The Kier molecular flexibility index (Phi) is 0.247. The second kappa shape index (κ2) is 0.800. The van der Waals surface area contributed by atoms with Gasteiger partial charge in [0.05, 0.1) is 0 Å². The highest BCUT2D eigenvalue weighted by molar-refractivity contribution is 4.89. The van der Waals surface area contributed by atoms with Crippen LogP contribution in [0.5, 0.6) is 0 Å². The van der Waals surface area contributed by atoms with Crippen LogP contribution in [0.25, 0.3) is 0 Å². The summed E-state index contributed by atoms with van der Waals surface area (Å²) in [5, 5.41) is 0. The van der Waals surface area contributed by atoms with Crippen LogP contribution in [0.15, 0.2) is 0 Å². The Bertz CT molecular complexity index is 87.1. The maximum absolute atomic E-state index is 7.32. The van der Waals surface area contributed by atoms with Crippen molar-refractivity contribution in [3.8, 4) is 0 Å². The molecule has 6 heavy (non-hydrogen) atoms. The Hall–Kier alpha value is 0. The van der Waals surface area contributed by atoms with E-state index in [1.807, 2.05) is 0 Å². The molecule has 2 saturated carbocycles. The van der Waals surface area contributed by atoms with Gasteiger partial charge in [-0.2, -0.15) is 0 Å². The molecule has 4 atom stereocenters. The molecule has 0 amide bonds. The summed E-state index contributed by atoms with van der Waals surface area (Å²) in [6.45, 7) is 0. The highest BCUT2D eigenvalue weighted by Crippen LogP contribution is 2.49. The van der Waals surface area contributed by atoms with Crippen LogP contribution >= 0.6 is 0 Å². The zero-order chi connectivity index (χ0) is 5.72. The third kappa shape index (κ3) is 0.184. The minimum absolute atomic E-state index is 0.0197. The summed E-state index contributed by atoms with van der Waals surface area (Å²) in [6, 6.07) is 0. The fraction of sp³-hybridized carbons (Fsp3) is 1.00. The molecule has 0 heterocycles. The third-order valence-corrected chi connectivity index (χ3v) is 1.99. The monoisotopic (exact) mass is 84.1 g/mol. The van der Waals surface area contributed by atoms with E-state index in [-0.39, 0.29) is 12.8 Å². The normalized spacial score (nSPS) is 81.3. The minimum atomic E-state index is -0.0197. The molecule has 0 bridgehead atoms. The molecular weight excluding hydrogens is 72.1 g/mol. The molecule has 4 unspecified atom stereocenters. The van der Waals surface area contributed by atoms with Gasteiger partial charge in [-0.05, 0) is 37.5 Å². The molecule has 0 heteroatoms. The van der Waals surface area contributed by atoms with Crippen molar-refractivity contribution >= 4 is 0 Å². The van der Waals surface area contributed by atoms with E-state index in [4.69, 9.17) is 2.74 Å². The van der Waals surface area contributed by atoms with E-state index in [1.54, 1.807) is 0 Å². The third-order valence-electron chi connectivity index (χ3n) is 1.99. The summed E-state index contributed by atoms with van der Waals surface area (Å²) >= 11 is 0. The Morgan fingerprint density at radius 3 is 1.83 bits per heavy atom. The molecule has 34 valence electrons. The van der Waals surface area contributed by atoms with Gasteiger partial charge < -0.3 is 0 Å². The topological polar surface area (TPSA) is 0 Å². The van der Waals surface area contributed by atoms with Crippen LogP contribution in [0.4, 0.5) is 0 Å². The maximum atomic E-state index is 7.32. The van der Waals surface area contributed by atoms with E-state index in [9.17, 15) is 0 Å². The average molecular weight is 84.2 g/mol. The van der Waals surface area contributed by atoms with Gasteiger partial charge in [0.25, 0.3) is 0 Å². The van der Waals surface area contributed by atoms with Gasteiger partial charge in [-0.15, -0.1) is 0 Å². The van der Waals surface area contributed by atoms with E-state index >= 15 is 0 Å². The zero-order valence-corrected chi connectivity index (χ0v) is 3.72. The maximum Gasteiger partial charge on any atom is 0.0270 e. The van der Waals surface area contributed by atoms with Crippen LogP contribution in [0.2, 0.25) is 0 Å². The first-order valence-corrected chi connectivity index (χ1v) is 2.65. The Morgan fingerprint density at radius 1 is 1.17 bits per heavy atom. The summed E-state index contributed by atoms with van der Waals surface area (Å²) in [5.41, 5.74) is 0. The van der Waals surface area contributed by atoms with Gasteiger partial charge in [0.15, 0.2) is 0 Å². The summed E-state index contributed by atoms with van der Waals surface area (Å²) in [6.07, 6.45) is 2.42. The van der Waals surface area contributed by atoms with Crippen molar-refractivity contribution in [2.24, 2.45) is 11.8 Å². The van der Waals surface area contributed by atoms with Gasteiger partial charge in [0.1, 0.15) is 0 Å². The molecule has 0 aromatic carbocycles. The van der Waals surface area contributed by atoms with Crippen LogP contribution < -0.4 is 0 Å². The lowest BCUT2D eigenvalue weighted by atomic mass is 9.60. The minimum Gasteiger partial charge on any atom is -0.0499 e. The fourth-order valence-corrected chi connectivity index (χ4v) is 1.17. The molecule has 0 aromatic rings. The first-order chi connectivity index (χ1) is 3.80. The van der Waals surface area contributed by atoms with E-state index in [0.717, 1.165) is 0 Å². The summed E-state index contributed by atoms with van der Waals surface area (Å²) < 4.78 is 14.6. The van der Waals surface area contributed by atoms with Crippen LogP contribution in [-0.4, -0.2) is 0 Å². The molecule has 0 radical (unpaired) electrons. The molecule has 0 saturated heterocycles. The van der Waals surface area contributed by atoms with Crippen molar-refractivity contribution < 1.29 is 2.74 Å². The van der Waals surface area contributed by atoms with Crippen LogP contribution in [0.1, 0.15) is 28.4 Å². The van der Waals surface area contributed by atoms with Crippen molar-refractivity contribution in [3.05, 3.63) is 0 Å². The first kappa shape index (κ1) is 1.85. The quantitative estimate of drug-likeness (QED) is 0.420. The number of rotatable bonds is 0. The predicted octanol–water partition coefficient (Wildman–Crippen LogP) is 1.81. The fourth-order valence-electron chi connectivity index (χ4n) is 1.17. The van der Waals surface area contributed by atoms with Gasteiger partial charge in [-0.3, -0.25) is 0 Å². The van der Waals surface area contributed by atoms with Gasteiger partial charge in [0.2, 0.25) is 0 Å². The summed E-state index contributed by atoms with van der Waals surface area (Å²) in [5.74, 6) is 1.27. The lowest BCUT2D eigenvalue weighted by Crippen LogP contribution is -2.34. The molecule has 2 fully saturated rings. The molecule has 2 rings (SSSR count). The number of fused-ring (bicyclic) bond motifs is 1. The SMILES string of the molecule is [2H]C1C([2H])C2CCC12. The van der Waals surface area contributed by atoms with Crippen LogP contribution in [-0.2, 0) is 0 Å². The molecule has 0 aliphatic heterocycles. The Morgan fingerprint density at radius 2 is 1.67 bits per heavy atom. The van der Waals surface area contributed by atoms with Crippen molar-refractivity contribution in [3.63, 3.8) is 0 Å². The van der Waals surface area contributed by atoms with E-state index in [0.29, 0.717) is 11.8 Å². The van der Waals surface area contributed by atoms with Crippen LogP contribution in [0.3, 0.4) is 0 Å². The average Bonchev–Trinajstić information content (AvgIpc) is 1.64.